The number of nitrogens with zero attached hydrogens (tertiary/aromatic N) is 1. The van der Waals surface area contributed by atoms with E-state index in [0.29, 0.717) is 6.61 Å². The molecule has 1 aromatic carbocycles. The number of ether oxygens (including phenoxy) is 2. The van der Waals surface area contributed by atoms with Crippen molar-refractivity contribution in [3.8, 4) is 5.75 Å². The minimum atomic E-state index is 0.659. The highest BCUT2D eigenvalue weighted by Crippen LogP contribution is 2.26. The number of hydrogen-bond donors (Lipinski definition) is 1. The molecule has 4 heteroatoms. The normalized spacial score (nSPS) is 16.2. The van der Waals surface area contributed by atoms with Crippen LogP contribution in [0.1, 0.15) is 6.92 Å². The number of hydrogen-bond acceptors (Lipinski definition) is 4. The van der Waals surface area contributed by atoms with E-state index in [2.05, 4.69) is 4.90 Å². The predicted octanol–water partition coefficient (Wildman–Crippen LogP) is 1.50. The fraction of sp³-hybridized carbons (Fsp3) is 0.500. The molecular weight excluding hydrogens is 204 g/mol. The molecule has 0 unspecified atom stereocenters. The molecule has 0 aromatic heterocycles. The average molecular weight is 222 g/mol. The highest BCUT2D eigenvalue weighted by molar-refractivity contribution is 5.60. The van der Waals surface area contributed by atoms with Crippen molar-refractivity contribution in [1.82, 2.24) is 0 Å². The number of anilines is 2. The lowest BCUT2D eigenvalue weighted by molar-refractivity contribution is 0.122. The van der Waals surface area contributed by atoms with Gasteiger partial charge in [-0.3, -0.25) is 0 Å². The van der Waals surface area contributed by atoms with Gasteiger partial charge in [0.05, 0.1) is 19.8 Å². The standard InChI is InChI=1S/C12H18N2O2/c1-2-16-12-8-10(13)7-11(9-12)14-3-5-15-6-4-14/h7-9H,2-6,13H2,1H3. The molecule has 0 bridgehead atoms. The van der Waals surface area contributed by atoms with Gasteiger partial charge in [-0.25, -0.2) is 0 Å². The maximum absolute atomic E-state index is 5.86. The molecule has 4 nitrogen and oxygen atoms in total. The molecule has 1 heterocycles. The van der Waals surface area contributed by atoms with Gasteiger partial charge < -0.3 is 20.1 Å². The largest absolute Gasteiger partial charge is 0.494 e. The molecule has 2 N–H and O–H groups in total. The van der Waals surface area contributed by atoms with E-state index >= 15 is 0 Å². The molecule has 0 aliphatic carbocycles. The van der Waals surface area contributed by atoms with E-state index in [0.717, 1.165) is 43.4 Å². The lowest BCUT2D eigenvalue weighted by Gasteiger charge is -2.29. The first-order valence-electron chi connectivity index (χ1n) is 5.65. The fourth-order valence-corrected chi connectivity index (χ4v) is 1.86. The Balaban J connectivity index is 2.18. The van der Waals surface area contributed by atoms with Crippen LogP contribution in [0, 0.1) is 0 Å². The molecule has 2 rings (SSSR count). The molecule has 1 saturated heterocycles. The van der Waals surface area contributed by atoms with Crippen LogP contribution in [0.3, 0.4) is 0 Å². The molecule has 1 aliphatic heterocycles. The quantitative estimate of drug-likeness (QED) is 0.787. The van der Waals surface area contributed by atoms with Gasteiger partial charge in [0.25, 0.3) is 0 Å². The highest BCUT2D eigenvalue weighted by atomic mass is 16.5. The van der Waals surface area contributed by atoms with Crippen molar-refractivity contribution in [2.75, 3.05) is 43.5 Å². The lowest BCUT2D eigenvalue weighted by atomic mass is 10.2. The monoisotopic (exact) mass is 222 g/mol. The molecule has 1 aromatic rings. The van der Waals surface area contributed by atoms with Crippen molar-refractivity contribution in [2.45, 2.75) is 6.92 Å². The summed E-state index contributed by atoms with van der Waals surface area (Å²) in [5.41, 5.74) is 7.72. The third-order valence-electron chi connectivity index (χ3n) is 2.60. The van der Waals surface area contributed by atoms with E-state index in [-0.39, 0.29) is 0 Å². The lowest BCUT2D eigenvalue weighted by Crippen LogP contribution is -2.36. The molecule has 0 spiro atoms. The maximum Gasteiger partial charge on any atom is 0.123 e. The zero-order chi connectivity index (χ0) is 11.4. The van der Waals surface area contributed by atoms with Gasteiger partial charge >= 0.3 is 0 Å². The number of morpholine rings is 1. The number of benzene rings is 1. The second kappa shape index (κ2) is 5.07. The van der Waals surface area contributed by atoms with Gasteiger partial charge in [-0.15, -0.1) is 0 Å². The van der Waals surface area contributed by atoms with Gasteiger partial charge in [0.2, 0.25) is 0 Å². The van der Waals surface area contributed by atoms with Crippen molar-refractivity contribution in [2.24, 2.45) is 0 Å². The Labute approximate surface area is 95.9 Å². The van der Waals surface area contributed by atoms with Gasteiger partial charge in [0, 0.05) is 36.6 Å². The Bertz CT molecular complexity index is 349. The number of nitrogens with two attached hydrogens (primary N) is 1. The van der Waals surface area contributed by atoms with Crippen molar-refractivity contribution >= 4 is 11.4 Å². The third kappa shape index (κ3) is 2.58. The smallest absolute Gasteiger partial charge is 0.123 e. The van der Waals surface area contributed by atoms with Crippen molar-refractivity contribution in [3.05, 3.63) is 18.2 Å². The van der Waals surface area contributed by atoms with E-state index < -0.39 is 0 Å². The van der Waals surface area contributed by atoms with E-state index in [1.54, 1.807) is 0 Å². The first-order valence-corrected chi connectivity index (χ1v) is 5.65. The molecular formula is C12H18N2O2. The number of rotatable bonds is 3. The second-order valence-corrected chi connectivity index (χ2v) is 3.79. The van der Waals surface area contributed by atoms with Crippen molar-refractivity contribution in [3.63, 3.8) is 0 Å². The summed E-state index contributed by atoms with van der Waals surface area (Å²) < 4.78 is 10.8. The average Bonchev–Trinajstić information content (AvgIpc) is 2.30. The molecule has 0 amide bonds. The molecule has 0 saturated carbocycles. The van der Waals surface area contributed by atoms with Gasteiger partial charge in [-0.1, -0.05) is 0 Å². The van der Waals surface area contributed by atoms with Crippen LogP contribution in [0.25, 0.3) is 0 Å². The summed E-state index contributed by atoms with van der Waals surface area (Å²) in [5, 5.41) is 0. The Hall–Kier alpha value is -1.42. The van der Waals surface area contributed by atoms with E-state index in [1.165, 1.54) is 0 Å². The predicted molar refractivity (Wildman–Crippen MR) is 65.1 cm³/mol. The minimum absolute atomic E-state index is 0.659. The Kier molecular flexibility index (Phi) is 3.51. The molecule has 0 radical (unpaired) electrons. The molecule has 16 heavy (non-hydrogen) atoms. The number of nitrogen functional groups attached to an aromatic ring is 1. The minimum Gasteiger partial charge on any atom is -0.494 e. The van der Waals surface area contributed by atoms with E-state index in [9.17, 15) is 0 Å². The summed E-state index contributed by atoms with van der Waals surface area (Å²) in [6.45, 7) is 6.01. The van der Waals surface area contributed by atoms with Crippen LogP contribution in [0.15, 0.2) is 18.2 Å². The van der Waals surface area contributed by atoms with E-state index in [1.807, 2.05) is 25.1 Å². The molecule has 88 valence electrons. The zero-order valence-corrected chi connectivity index (χ0v) is 9.61. The van der Waals surface area contributed by atoms with Crippen LogP contribution < -0.4 is 15.4 Å². The van der Waals surface area contributed by atoms with Crippen molar-refractivity contribution < 1.29 is 9.47 Å². The maximum atomic E-state index is 5.86. The van der Waals surface area contributed by atoms with Crippen LogP contribution in [0.2, 0.25) is 0 Å². The summed E-state index contributed by atoms with van der Waals surface area (Å²) in [6, 6.07) is 5.87. The van der Waals surface area contributed by atoms with Crippen LogP contribution in [0.5, 0.6) is 5.75 Å². The molecule has 1 aliphatic rings. The third-order valence-corrected chi connectivity index (χ3v) is 2.60. The first-order chi connectivity index (χ1) is 7.79. The van der Waals surface area contributed by atoms with Crippen molar-refractivity contribution in [1.29, 1.82) is 0 Å². The van der Waals surface area contributed by atoms with Gasteiger partial charge in [-0.05, 0) is 13.0 Å². The summed E-state index contributed by atoms with van der Waals surface area (Å²) in [6.07, 6.45) is 0. The topological polar surface area (TPSA) is 47.7 Å². The summed E-state index contributed by atoms with van der Waals surface area (Å²) in [7, 11) is 0. The van der Waals surface area contributed by atoms with Gasteiger partial charge in [0.1, 0.15) is 5.75 Å². The van der Waals surface area contributed by atoms with Crippen LogP contribution in [-0.2, 0) is 4.74 Å². The Morgan fingerprint density at radius 2 is 2.06 bits per heavy atom. The van der Waals surface area contributed by atoms with Crippen LogP contribution >= 0.6 is 0 Å². The summed E-state index contributed by atoms with van der Waals surface area (Å²) in [4.78, 5) is 2.27. The Morgan fingerprint density at radius 3 is 2.75 bits per heavy atom. The van der Waals surface area contributed by atoms with Gasteiger partial charge in [-0.2, -0.15) is 0 Å². The van der Waals surface area contributed by atoms with E-state index in [4.69, 9.17) is 15.2 Å². The first kappa shape index (κ1) is 11.1. The zero-order valence-electron chi connectivity index (χ0n) is 9.61. The van der Waals surface area contributed by atoms with Gasteiger partial charge in [0.15, 0.2) is 0 Å². The summed E-state index contributed by atoms with van der Waals surface area (Å²) >= 11 is 0. The van der Waals surface area contributed by atoms with Crippen LogP contribution in [0.4, 0.5) is 11.4 Å². The molecule has 1 fully saturated rings. The highest BCUT2D eigenvalue weighted by Gasteiger charge is 2.12. The SMILES string of the molecule is CCOc1cc(N)cc(N2CCOCC2)c1. The second-order valence-electron chi connectivity index (χ2n) is 3.79. The summed E-state index contributed by atoms with van der Waals surface area (Å²) in [5.74, 6) is 0.837. The molecule has 0 atom stereocenters. The fourth-order valence-electron chi connectivity index (χ4n) is 1.86. The Morgan fingerprint density at radius 1 is 1.31 bits per heavy atom. The van der Waals surface area contributed by atoms with Crippen LogP contribution in [-0.4, -0.2) is 32.9 Å².